The van der Waals surface area contributed by atoms with Crippen molar-refractivity contribution in [1.82, 2.24) is 5.32 Å². The zero-order valence-electron chi connectivity index (χ0n) is 11.7. The molecule has 0 heterocycles. The fourth-order valence-corrected chi connectivity index (χ4v) is 1.97. The van der Waals surface area contributed by atoms with E-state index >= 15 is 0 Å². The van der Waals surface area contributed by atoms with Gasteiger partial charge in [0.05, 0.1) is 13.7 Å². The van der Waals surface area contributed by atoms with Gasteiger partial charge in [-0.3, -0.25) is 0 Å². The summed E-state index contributed by atoms with van der Waals surface area (Å²) in [5, 5.41) is 3.43. The van der Waals surface area contributed by atoms with Gasteiger partial charge in [0.1, 0.15) is 5.75 Å². The van der Waals surface area contributed by atoms with Crippen LogP contribution in [0.25, 0.3) is 0 Å². The van der Waals surface area contributed by atoms with Gasteiger partial charge in [0.15, 0.2) is 0 Å². The largest absolute Gasteiger partial charge is 0.497 e. The van der Waals surface area contributed by atoms with Crippen molar-refractivity contribution in [2.75, 3.05) is 33.9 Å². The summed E-state index contributed by atoms with van der Waals surface area (Å²) in [6, 6.07) is 8.33. The summed E-state index contributed by atoms with van der Waals surface area (Å²) in [5.41, 5.74) is 1.34. The van der Waals surface area contributed by atoms with Gasteiger partial charge >= 0.3 is 0 Å². The van der Waals surface area contributed by atoms with E-state index in [-0.39, 0.29) is 0 Å². The van der Waals surface area contributed by atoms with E-state index < -0.39 is 0 Å². The van der Waals surface area contributed by atoms with Crippen LogP contribution >= 0.6 is 0 Å². The number of benzene rings is 1. The predicted molar refractivity (Wildman–Crippen MR) is 75.2 cm³/mol. The molecule has 1 N–H and O–H groups in total. The van der Waals surface area contributed by atoms with E-state index in [1.807, 2.05) is 6.07 Å². The fraction of sp³-hybridized carbons (Fsp3) is 0.600. The molecule has 1 unspecified atom stereocenters. The molecule has 3 heteroatoms. The molecule has 0 fully saturated rings. The average molecular weight is 251 g/mol. The van der Waals surface area contributed by atoms with Crippen molar-refractivity contribution in [3.63, 3.8) is 0 Å². The van der Waals surface area contributed by atoms with Crippen molar-refractivity contribution in [3.05, 3.63) is 29.8 Å². The first kappa shape index (κ1) is 15.0. The molecule has 1 aromatic rings. The van der Waals surface area contributed by atoms with Crippen LogP contribution in [-0.2, 0) is 11.2 Å². The Kier molecular flexibility index (Phi) is 7.46. The molecule has 0 aromatic heterocycles. The second-order valence-corrected chi connectivity index (χ2v) is 4.53. The van der Waals surface area contributed by atoms with Crippen LogP contribution in [0.3, 0.4) is 0 Å². The van der Waals surface area contributed by atoms with E-state index in [0.717, 1.165) is 31.9 Å². The molecule has 1 rings (SSSR count). The summed E-state index contributed by atoms with van der Waals surface area (Å²) in [4.78, 5) is 0. The van der Waals surface area contributed by atoms with E-state index in [9.17, 15) is 0 Å². The van der Waals surface area contributed by atoms with E-state index in [0.29, 0.717) is 5.92 Å². The first-order valence-electron chi connectivity index (χ1n) is 6.62. The van der Waals surface area contributed by atoms with Crippen molar-refractivity contribution in [2.45, 2.75) is 19.8 Å². The van der Waals surface area contributed by atoms with Crippen LogP contribution in [0.1, 0.15) is 18.9 Å². The topological polar surface area (TPSA) is 30.5 Å². The number of methoxy groups -OCH3 is 2. The van der Waals surface area contributed by atoms with Gasteiger partial charge in [-0.1, -0.05) is 25.5 Å². The number of hydrogen-bond donors (Lipinski definition) is 1. The molecule has 0 spiro atoms. The third-order valence-electron chi connectivity index (χ3n) is 3.15. The lowest BCUT2D eigenvalue weighted by Crippen LogP contribution is -2.27. The Balaban J connectivity index is 2.41. The highest BCUT2D eigenvalue weighted by molar-refractivity contribution is 5.28. The Morgan fingerprint density at radius 3 is 2.78 bits per heavy atom. The number of rotatable bonds is 9. The summed E-state index contributed by atoms with van der Waals surface area (Å²) in [7, 11) is 3.44. The van der Waals surface area contributed by atoms with Crippen LogP contribution in [-0.4, -0.2) is 33.9 Å². The Morgan fingerprint density at radius 2 is 2.11 bits per heavy atom. The smallest absolute Gasteiger partial charge is 0.119 e. The minimum atomic E-state index is 0.661. The molecule has 0 aliphatic heterocycles. The highest BCUT2D eigenvalue weighted by Gasteiger charge is 2.07. The van der Waals surface area contributed by atoms with Crippen molar-refractivity contribution >= 4 is 0 Å². The first-order chi connectivity index (χ1) is 8.80. The third-order valence-corrected chi connectivity index (χ3v) is 3.15. The minimum absolute atomic E-state index is 0.661. The minimum Gasteiger partial charge on any atom is -0.497 e. The summed E-state index contributed by atoms with van der Waals surface area (Å²) in [6.45, 7) is 4.97. The average Bonchev–Trinajstić information content (AvgIpc) is 2.42. The Labute approximate surface area is 110 Å². The van der Waals surface area contributed by atoms with Gasteiger partial charge in [0.2, 0.25) is 0 Å². The highest BCUT2D eigenvalue weighted by atomic mass is 16.5. The summed E-state index contributed by atoms with van der Waals surface area (Å²) in [5.74, 6) is 1.60. The van der Waals surface area contributed by atoms with E-state index in [1.165, 1.54) is 12.0 Å². The highest BCUT2D eigenvalue weighted by Crippen LogP contribution is 2.17. The summed E-state index contributed by atoms with van der Waals surface area (Å²) in [6.07, 6.45) is 2.27. The zero-order chi connectivity index (χ0) is 13.2. The van der Waals surface area contributed by atoms with Crippen molar-refractivity contribution in [1.29, 1.82) is 0 Å². The SMILES string of the molecule is CCC(CNCCOC)Cc1cccc(OC)c1. The maximum absolute atomic E-state index is 5.25. The number of ether oxygens (including phenoxy) is 2. The van der Waals surface area contributed by atoms with Gasteiger partial charge < -0.3 is 14.8 Å². The molecular formula is C15H25NO2. The van der Waals surface area contributed by atoms with E-state index in [1.54, 1.807) is 14.2 Å². The number of hydrogen-bond acceptors (Lipinski definition) is 3. The third kappa shape index (κ3) is 5.52. The molecule has 1 aromatic carbocycles. The molecule has 0 aliphatic rings. The standard InChI is InChI=1S/C15H25NO2/c1-4-13(12-16-8-9-17-2)10-14-6-5-7-15(11-14)18-3/h5-7,11,13,16H,4,8-10,12H2,1-3H3. The zero-order valence-corrected chi connectivity index (χ0v) is 11.7. The van der Waals surface area contributed by atoms with Gasteiger partial charge in [-0.05, 0) is 36.6 Å². The van der Waals surface area contributed by atoms with Gasteiger partial charge in [-0.2, -0.15) is 0 Å². The molecule has 0 amide bonds. The van der Waals surface area contributed by atoms with Crippen LogP contribution in [0.15, 0.2) is 24.3 Å². The van der Waals surface area contributed by atoms with Gasteiger partial charge in [-0.25, -0.2) is 0 Å². The summed E-state index contributed by atoms with van der Waals surface area (Å²) >= 11 is 0. The quantitative estimate of drug-likeness (QED) is 0.684. The molecule has 0 saturated carbocycles. The Hall–Kier alpha value is -1.06. The maximum Gasteiger partial charge on any atom is 0.119 e. The molecular weight excluding hydrogens is 226 g/mol. The van der Waals surface area contributed by atoms with Gasteiger partial charge in [0, 0.05) is 13.7 Å². The normalized spacial score (nSPS) is 12.4. The van der Waals surface area contributed by atoms with Crippen LogP contribution < -0.4 is 10.1 Å². The van der Waals surface area contributed by atoms with E-state index in [4.69, 9.17) is 9.47 Å². The molecule has 3 nitrogen and oxygen atoms in total. The summed E-state index contributed by atoms with van der Waals surface area (Å²) < 4.78 is 10.3. The molecule has 0 saturated heterocycles. The van der Waals surface area contributed by atoms with Crippen molar-refractivity contribution in [3.8, 4) is 5.75 Å². The Morgan fingerprint density at radius 1 is 1.28 bits per heavy atom. The van der Waals surface area contributed by atoms with Crippen molar-refractivity contribution in [2.24, 2.45) is 5.92 Å². The monoisotopic (exact) mass is 251 g/mol. The molecule has 0 bridgehead atoms. The van der Waals surface area contributed by atoms with Crippen LogP contribution in [0.2, 0.25) is 0 Å². The van der Waals surface area contributed by atoms with Gasteiger partial charge in [0.25, 0.3) is 0 Å². The van der Waals surface area contributed by atoms with Gasteiger partial charge in [-0.15, -0.1) is 0 Å². The predicted octanol–water partition coefficient (Wildman–Crippen LogP) is 2.50. The second kappa shape index (κ2) is 8.95. The molecule has 0 radical (unpaired) electrons. The fourth-order valence-electron chi connectivity index (χ4n) is 1.97. The maximum atomic E-state index is 5.25. The van der Waals surface area contributed by atoms with Crippen LogP contribution in [0.4, 0.5) is 0 Å². The lowest BCUT2D eigenvalue weighted by Gasteiger charge is -2.16. The molecule has 1 atom stereocenters. The second-order valence-electron chi connectivity index (χ2n) is 4.53. The lowest BCUT2D eigenvalue weighted by atomic mass is 9.97. The molecule has 102 valence electrons. The molecule has 18 heavy (non-hydrogen) atoms. The first-order valence-corrected chi connectivity index (χ1v) is 6.62. The Bertz CT molecular complexity index is 328. The number of nitrogens with one attached hydrogen (secondary N) is 1. The molecule has 0 aliphatic carbocycles. The van der Waals surface area contributed by atoms with Crippen LogP contribution in [0, 0.1) is 5.92 Å². The lowest BCUT2D eigenvalue weighted by molar-refractivity contribution is 0.197. The van der Waals surface area contributed by atoms with Crippen LogP contribution in [0.5, 0.6) is 5.75 Å². The van der Waals surface area contributed by atoms with Crippen molar-refractivity contribution < 1.29 is 9.47 Å². The van der Waals surface area contributed by atoms with E-state index in [2.05, 4.69) is 30.4 Å².